The minimum atomic E-state index is -2.37. The molecule has 2 aromatic carbocycles. The molecule has 132 valence electrons. The van der Waals surface area contributed by atoms with Gasteiger partial charge in [0.25, 0.3) is 5.69 Å². The molecule has 0 aliphatic heterocycles. The lowest BCUT2D eigenvalue weighted by Gasteiger charge is -2.10. The normalized spacial score (nSPS) is 10.5. The molecule has 0 amide bonds. The number of ether oxygens (including phenoxy) is 2. The van der Waals surface area contributed by atoms with Crippen LogP contribution in [-0.4, -0.2) is 18.0 Å². The largest absolute Gasteiger partial charge is 0.465 e. The third-order valence-corrected chi connectivity index (χ3v) is 2.96. The SMILES string of the molecule is COC(=O)c1cc(Oc2c(F)c(F)c(F)c(F)c2F)ccc1[N+](=O)[O-]. The van der Waals surface area contributed by atoms with E-state index in [4.69, 9.17) is 0 Å². The van der Waals surface area contributed by atoms with Gasteiger partial charge in [0.15, 0.2) is 0 Å². The van der Waals surface area contributed by atoms with Crippen LogP contribution in [0, 0.1) is 39.2 Å². The van der Waals surface area contributed by atoms with Crippen molar-refractivity contribution in [3.63, 3.8) is 0 Å². The number of carbonyl (C=O) groups is 1. The Labute approximate surface area is 135 Å². The minimum absolute atomic E-state index is 0.589. The zero-order chi connectivity index (χ0) is 18.9. The van der Waals surface area contributed by atoms with Gasteiger partial charge in [0.05, 0.1) is 12.0 Å². The van der Waals surface area contributed by atoms with E-state index >= 15 is 0 Å². The van der Waals surface area contributed by atoms with Gasteiger partial charge in [0.1, 0.15) is 11.3 Å². The van der Waals surface area contributed by atoms with Gasteiger partial charge in [-0.2, -0.15) is 8.78 Å². The Balaban J connectivity index is 2.56. The quantitative estimate of drug-likeness (QED) is 0.206. The fourth-order valence-electron chi connectivity index (χ4n) is 1.80. The number of rotatable bonds is 4. The van der Waals surface area contributed by atoms with E-state index in [2.05, 4.69) is 9.47 Å². The number of nitro benzene ring substituents is 1. The number of carbonyl (C=O) groups excluding carboxylic acids is 1. The second kappa shape index (κ2) is 6.71. The highest BCUT2D eigenvalue weighted by atomic mass is 19.2. The molecule has 0 aliphatic rings. The van der Waals surface area contributed by atoms with Gasteiger partial charge < -0.3 is 9.47 Å². The molecular weight excluding hydrogens is 357 g/mol. The van der Waals surface area contributed by atoms with Crippen LogP contribution in [0.2, 0.25) is 0 Å². The fourth-order valence-corrected chi connectivity index (χ4v) is 1.80. The van der Waals surface area contributed by atoms with E-state index in [9.17, 15) is 36.9 Å². The summed E-state index contributed by atoms with van der Waals surface area (Å²) < 4.78 is 75.3. The summed E-state index contributed by atoms with van der Waals surface area (Å²) in [5.41, 5.74) is -1.36. The van der Waals surface area contributed by atoms with E-state index in [0.717, 1.165) is 19.2 Å². The molecule has 0 radical (unpaired) electrons. The minimum Gasteiger partial charge on any atom is -0.465 e. The van der Waals surface area contributed by atoms with Crippen LogP contribution in [-0.2, 0) is 4.74 Å². The molecule has 6 nitrogen and oxygen atoms in total. The lowest BCUT2D eigenvalue weighted by Crippen LogP contribution is -2.07. The Morgan fingerprint density at radius 3 is 2.00 bits per heavy atom. The number of methoxy groups -OCH3 is 1. The van der Waals surface area contributed by atoms with Crippen molar-refractivity contribution in [3.05, 3.63) is 63.0 Å². The van der Waals surface area contributed by atoms with Gasteiger partial charge in [-0.3, -0.25) is 10.1 Å². The summed E-state index contributed by atoms with van der Waals surface area (Å²) in [7, 11) is 0.920. The maximum atomic E-state index is 13.6. The van der Waals surface area contributed by atoms with E-state index in [-0.39, 0.29) is 0 Å². The highest BCUT2D eigenvalue weighted by Crippen LogP contribution is 2.34. The van der Waals surface area contributed by atoms with Crippen LogP contribution in [0.4, 0.5) is 27.6 Å². The maximum absolute atomic E-state index is 13.6. The van der Waals surface area contributed by atoms with Crippen molar-refractivity contribution in [1.82, 2.24) is 0 Å². The maximum Gasteiger partial charge on any atom is 0.345 e. The number of hydrogen-bond donors (Lipinski definition) is 0. The number of benzene rings is 2. The zero-order valence-electron chi connectivity index (χ0n) is 12.1. The number of esters is 1. The lowest BCUT2D eigenvalue weighted by atomic mass is 10.1. The molecule has 0 heterocycles. The van der Waals surface area contributed by atoms with Crippen molar-refractivity contribution >= 4 is 11.7 Å². The average Bonchev–Trinajstić information content (AvgIpc) is 2.60. The van der Waals surface area contributed by atoms with Gasteiger partial charge >= 0.3 is 5.97 Å². The second-order valence-corrected chi connectivity index (χ2v) is 4.43. The second-order valence-electron chi connectivity index (χ2n) is 4.43. The van der Waals surface area contributed by atoms with Crippen molar-refractivity contribution in [2.75, 3.05) is 7.11 Å². The summed E-state index contributed by atoms with van der Waals surface area (Å²) in [4.78, 5) is 21.4. The summed E-state index contributed by atoms with van der Waals surface area (Å²) in [6.45, 7) is 0. The summed E-state index contributed by atoms with van der Waals surface area (Å²) in [6.07, 6.45) is 0. The van der Waals surface area contributed by atoms with Gasteiger partial charge in [0.2, 0.25) is 34.8 Å². The Hall–Kier alpha value is -3.24. The number of nitrogens with zero attached hydrogens (tertiary/aromatic N) is 1. The first-order valence-corrected chi connectivity index (χ1v) is 6.25. The van der Waals surface area contributed by atoms with Crippen LogP contribution < -0.4 is 4.74 Å². The molecule has 25 heavy (non-hydrogen) atoms. The van der Waals surface area contributed by atoms with Gasteiger partial charge in [-0.15, -0.1) is 0 Å². The van der Waals surface area contributed by atoms with Crippen LogP contribution in [0.5, 0.6) is 11.5 Å². The van der Waals surface area contributed by atoms with E-state index < -0.39 is 62.7 Å². The molecule has 0 fully saturated rings. The highest BCUT2D eigenvalue weighted by molar-refractivity contribution is 5.94. The molecule has 0 bridgehead atoms. The monoisotopic (exact) mass is 363 g/mol. The smallest absolute Gasteiger partial charge is 0.345 e. The molecule has 0 unspecified atom stereocenters. The van der Waals surface area contributed by atoms with Crippen LogP contribution in [0.15, 0.2) is 18.2 Å². The Morgan fingerprint density at radius 1 is 1.00 bits per heavy atom. The van der Waals surface area contributed by atoms with Gasteiger partial charge in [-0.1, -0.05) is 0 Å². The average molecular weight is 363 g/mol. The molecule has 0 saturated carbocycles. The Morgan fingerprint density at radius 2 is 1.52 bits per heavy atom. The van der Waals surface area contributed by atoms with Crippen LogP contribution in [0.1, 0.15) is 10.4 Å². The van der Waals surface area contributed by atoms with Gasteiger partial charge in [-0.25, -0.2) is 18.0 Å². The van der Waals surface area contributed by atoms with E-state index in [1.54, 1.807) is 0 Å². The van der Waals surface area contributed by atoms with Crippen molar-refractivity contribution in [3.8, 4) is 11.5 Å². The molecule has 0 aromatic heterocycles. The molecule has 0 saturated heterocycles. The molecule has 0 atom stereocenters. The Bertz CT molecular complexity index is 857. The molecule has 2 rings (SSSR count). The summed E-state index contributed by atoms with van der Waals surface area (Å²) in [5, 5.41) is 10.8. The number of hydrogen-bond acceptors (Lipinski definition) is 5. The van der Waals surface area contributed by atoms with Crippen molar-refractivity contribution < 1.29 is 41.1 Å². The van der Waals surface area contributed by atoms with Crippen molar-refractivity contribution in [2.24, 2.45) is 0 Å². The predicted molar refractivity (Wildman–Crippen MR) is 70.7 cm³/mol. The van der Waals surface area contributed by atoms with E-state index in [0.29, 0.717) is 6.07 Å². The van der Waals surface area contributed by atoms with E-state index in [1.807, 2.05) is 0 Å². The molecule has 2 aromatic rings. The van der Waals surface area contributed by atoms with Crippen LogP contribution >= 0.6 is 0 Å². The fraction of sp³-hybridized carbons (Fsp3) is 0.0714. The Kier molecular flexibility index (Phi) is 4.86. The lowest BCUT2D eigenvalue weighted by molar-refractivity contribution is -0.385. The molecule has 0 spiro atoms. The third-order valence-electron chi connectivity index (χ3n) is 2.96. The zero-order valence-corrected chi connectivity index (χ0v) is 12.1. The first kappa shape index (κ1) is 18.1. The highest BCUT2D eigenvalue weighted by Gasteiger charge is 2.28. The molecule has 0 N–H and O–H groups in total. The van der Waals surface area contributed by atoms with Crippen molar-refractivity contribution in [1.29, 1.82) is 0 Å². The van der Waals surface area contributed by atoms with Crippen LogP contribution in [0.25, 0.3) is 0 Å². The summed E-state index contributed by atoms with van der Waals surface area (Å²) in [6, 6.07) is 2.22. The first-order chi connectivity index (χ1) is 11.7. The molecular formula is C14H6F5NO5. The first-order valence-electron chi connectivity index (χ1n) is 6.25. The molecule has 0 aliphatic carbocycles. The molecule has 11 heteroatoms. The van der Waals surface area contributed by atoms with Crippen molar-refractivity contribution in [2.45, 2.75) is 0 Å². The predicted octanol–water partition coefficient (Wildman–Crippen LogP) is 3.87. The standard InChI is InChI=1S/C14H6F5NO5/c1-24-14(21)6-4-5(2-3-7(6)20(22)23)25-13-11(18)9(16)8(15)10(17)12(13)19/h2-4H,1H3. The van der Waals surface area contributed by atoms with Gasteiger partial charge in [-0.05, 0) is 6.07 Å². The number of nitro groups is 1. The summed E-state index contributed by atoms with van der Waals surface area (Å²) >= 11 is 0. The topological polar surface area (TPSA) is 78.7 Å². The number of halogens is 5. The third kappa shape index (κ3) is 3.20. The van der Waals surface area contributed by atoms with Crippen LogP contribution in [0.3, 0.4) is 0 Å². The van der Waals surface area contributed by atoms with E-state index in [1.165, 1.54) is 0 Å². The van der Waals surface area contributed by atoms with Gasteiger partial charge in [0, 0.05) is 12.1 Å². The summed E-state index contributed by atoms with van der Waals surface area (Å²) in [5.74, 6) is -14.7.